The third-order valence-electron chi connectivity index (χ3n) is 2.93. The molecule has 2 unspecified atom stereocenters. The molecule has 3 rings (SSSR count). The fourth-order valence-corrected chi connectivity index (χ4v) is 2.36. The topological polar surface area (TPSA) is 0 Å². The quantitative estimate of drug-likeness (QED) is 0.512. The van der Waals surface area contributed by atoms with Crippen LogP contribution in [0.15, 0.2) is 30.4 Å². The number of allylic oxidation sites excluding steroid dienone is 2. The van der Waals surface area contributed by atoms with Crippen molar-refractivity contribution in [2.45, 2.75) is 18.3 Å². The Labute approximate surface area is 70.7 Å². The second-order valence-electron chi connectivity index (χ2n) is 3.61. The summed E-state index contributed by atoms with van der Waals surface area (Å²) in [6.07, 6.45) is 5.61. The molecule has 0 aromatic heterocycles. The Bertz CT molecular complexity index is 365. The molecule has 0 saturated carbocycles. The minimum Gasteiger partial charge on any atom is -0.207 e. The molecule has 12 heavy (non-hydrogen) atoms. The highest BCUT2D eigenvalue weighted by Gasteiger charge is 2.32. The van der Waals surface area contributed by atoms with Crippen LogP contribution in [0.1, 0.15) is 29.4 Å². The van der Waals surface area contributed by atoms with Crippen molar-refractivity contribution in [3.8, 4) is 0 Å². The van der Waals surface area contributed by atoms with Gasteiger partial charge in [-0.05, 0) is 29.7 Å². The summed E-state index contributed by atoms with van der Waals surface area (Å²) in [5.41, 5.74) is 2.55. The average Bonchev–Trinajstić information content (AvgIpc) is 2.63. The van der Waals surface area contributed by atoms with E-state index in [1.54, 1.807) is 12.1 Å². The van der Waals surface area contributed by atoms with E-state index in [1.807, 2.05) is 6.07 Å². The van der Waals surface area contributed by atoms with Gasteiger partial charge in [-0.2, -0.15) is 0 Å². The minimum atomic E-state index is -0.102. The molecule has 2 aliphatic carbocycles. The molecule has 0 amide bonds. The molecular weight excluding hydrogens is 151 g/mol. The van der Waals surface area contributed by atoms with Gasteiger partial charge in [0.2, 0.25) is 0 Å². The van der Waals surface area contributed by atoms with Crippen molar-refractivity contribution in [1.29, 1.82) is 0 Å². The zero-order valence-corrected chi connectivity index (χ0v) is 6.63. The van der Waals surface area contributed by atoms with Crippen molar-refractivity contribution in [3.63, 3.8) is 0 Å². The van der Waals surface area contributed by atoms with E-state index in [2.05, 4.69) is 12.2 Å². The molecule has 1 heteroatoms. The Hall–Kier alpha value is -1.11. The van der Waals surface area contributed by atoms with Crippen LogP contribution in [0.5, 0.6) is 0 Å². The van der Waals surface area contributed by atoms with Crippen molar-refractivity contribution < 1.29 is 4.39 Å². The second kappa shape index (κ2) is 1.98. The smallest absolute Gasteiger partial charge is 0.123 e. The van der Waals surface area contributed by atoms with Gasteiger partial charge in [-0.3, -0.25) is 0 Å². The Morgan fingerprint density at radius 1 is 1.08 bits per heavy atom. The summed E-state index contributed by atoms with van der Waals surface area (Å²) in [6.45, 7) is 0. The van der Waals surface area contributed by atoms with E-state index in [0.29, 0.717) is 11.8 Å². The van der Waals surface area contributed by atoms with Gasteiger partial charge >= 0.3 is 0 Å². The molecule has 0 nitrogen and oxygen atoms in total. The third-order valence-corrected chi connectivity index (χ3v) is 2.93. The van der Waals surface area contributed by atoms with Gasteiger partial charge in [0.05, 0.1) is 0 Å². The lowest BCUT2D eigenvalue weighted by Crippen LogP contribution is -1.92. The van der Waals surface area contributed by atoms with Crippen LogP contribution in [-0.2, 0) is 0 Å². The molecule has 1 aromatic carbocycles. The monoisotopic (exact) mass is 160 g/mol. The Kier molecular flexibility index (Phi) is 1.06. The van der Waals surface area contributed by atoms with Crippen LogP contribution >= 0.6 is 0 Å². The molecule has 60 valence electrons. The van der Waals surface area contributed by atoms with Gasteiger partial charge in [0, 0.05) is 11.8 Å². The average molecular weight is 160 g/mol. The van der Waals surface area contributed by atoms with Crippen LogP contribution in [0.3, 0.4) is 0 Å². The minimum absolute atomic E-state index is 0.102. The standard InChI is InChI=1S/C11H9F/c12-9-3-4-10-7-1-2-8(5-7)11(10)6-9/h1-4,6-8H,5H2. The number of benzene rings is 1. The van der Waals surface area contributed by atoms with Crippen molar-refractivity contribution in [2.24, 2.45) is 0 Å². The summed E-state index contributed by atoms with van der Waals surface area (Å²) in [5.74, 6) is 0.973. The normalized spacial score (nSPS) is 29.4. The van der Waals surface area contributed by atoms with Crippen molar-refractivity contribution in [3.05, 3.63) is 47.3 Å². The van der Waals surface area contributed by atoms with Crippen molar-refractivity contribution in [1.82, 2.24) is 0 Å². The highest BCUT2D eigenvalue weighted by Crippen LogP contribution is 2.48. The largest absolute Gasteiger partial charge is 0.207 e. The van der Waals surface area contributed by atoms with Crippen molar-refractivity contribution in [2.75, 3.05) is 0 Å². The summed E-state index contributed by atoms with van der Waals surface area (Å²) in [4.78, 5) is 0. The predicted molar refractivity (Wildman–Crippen MR) is 45.6 cm³/mol. The van der Waals surface area contributed by atoms with Crippen LogP contribution in [0, 0.1) is 5.82 Å². The lowest BCUT2D eigenvalue weighted by Gasteiger charge is -2.08. The van der Waals surface area contributed by atoms with E-state index in [9.17, 15) is 4.39 Å². The number of halogens is 1. The fraction of sp³-hybridized carbons (Fsp3) is 0.273. The van der Waals surface area contributed by atoms with Crippen LogP contribution in [0.25, 0.3) is 0 Å². The molecular formula is C11H9F. The summed E-state index contributed by atoms with van der Waals surface area (Å²) in [5, 5.41) is 0. The molecule has 0 fully saturated rings. The zero-order valence-electron chi connectivity index (χ0n) is 6.63. The number of hydrogen-bond acceptors (Lipinski definition) is 0. The van der Waals surface area contributed by atoms with Gasteiger partial charge in [-0.1, -0.05) is 18.2 Å². The maximum absolute atomic E-state index is 12.9. The first-order chi connectivity index (χ1) is 5.84. The van der Waals surface area contributed by atoms with Gasteiger partial charge in [0.15, 0.2) is 0 Å². The van der Waals surface area contributed by atoms with E-state index in [-0.39, 0.29) is 5.82 Å². The van der Waals surface area contributed by atoms with Crippen LogP contribution in [-0.4, -0.2) is 0 Å². The first-order valence-electron chi connectivity index (χ1n) is 4.32. The molecule has 0 radical (unpaired) electrons. The highest BCUT2D eigenvalue weighted by atomic mass is 19.1. The number of fused-ring (bicyclic) bond motifs is 5. The van der Waals surface area contributed by atoms with Gasteiger partial charge in [0.1, 0.15) is 5.82 Å². The van der Waals surface area contributed by atoms with E-state index in [1.165, 1.54) is 17.5 Å². The molecule has 2 aliphatic rings. The molecule has 0 spiro atoms. The van der Waals surface area contributed by atoms with E-state index >= 15 is 0 Å². The lowest BCUT2D eigenvalue weighted by molar-refractivity contribution is 0.625. The van der Waals surface area contributed by atoms with Gasteiger partial charge in [0.25, 0.3) is 0 Å². The Morgan fingerprint density at radius 2 is 1.83 bits per heavy atom. The number of rotatable bonds is 0. The molecule has 0 N–H and O–H groups in total. The van der Waals surface area contributed by atoms with Gasteiger partial charge < -0.3 is 0 Å². The molecule has 0 aliphatic heterocycles. The molecule has 1 aromatic rings. The third kappa shape index (κ3) is 0.663. The maximum Gasteiger partial charge on any atom is 0.123 e. The Balaban J connectivity index is 2.24. The van der Waals surface area contributed by atoms with Crippen molar-refractivity contribution >= 4 is 0 Å². The summed E-state index contributed by atoms with van der Waals surface area (Å²) in [7, 11) is 0. The molecule has 0 saturated heterocycles. The van der Waals surface area contributed by atoms with Crippen LogP contribution < -0.4 is 0 Å². The van der Waals surface area contributed by atoms with Gasteiger partial charge in [-0.25, -0.2) is 4.39 Å². The number of hydrogen-bond donors (Lipinski definition) is 0. The first kappa shape index (κ1) is 6.41. The molecule has 2 atom stereocenters. The van der Waals surface area contributed by atoms with E-state index in [4.69, 9.17) is 0 Å². The van der Waals surface area contributed by atoms with E-state index < -0.39 is 0 Å². The van der Waals surface area contributed by atoms with E-state index in [0.717, 1.165) is 0 Å². The summed E-state index contributed by atoms with van der Waals surface area (Å²) in [6, 6.07) is 5.18. The molecule has 0 heterocycles. The van der Waals surface area contributed by atoms with Crippen LogP contribution in [0.4, 0.5) is 4.39 Å². The van der Waals surface area contributed by atoms with Crippen LogP contribution in [0.2, 0.25) is 0 Å². The highest BCUT2D eigenvalue weighted by molar-refractivity contribution is 5.47. The SMILES string of the molecule is Fc1ccc2c(c1)C1C=CC2C1. The first-order valence-corrected chi connectivity index (χ1v) is 4.32. The fourth-order valence-electron chi connectivity index (χ4n) is 2.36. The van der Waals surface area contributed by atoms with Gasteiger partial charge in [-0.15, -0.1) is 0 Å². The predicted octanol–water partition coefficient (Wildman–Crippen LogP) is 2.97. The lowest BCUT2D eigenvalue weighted by atomic mass is 9.97. The Morgan fingerprint density at radius 3 is 2.67 bits per heavy atom. The summed E-state index contributed by atoms with van der Waals surface area (Å²) >= 11 is 0. The molecule has 2 bridgehead atoms. The second-order valence-corrected chi connectivity index (χ2v) is 3.61. The zero-order chi connectivity index (χ0) is 8.13. The summed E-state index contributed by atoms with van der Waals surface area (Å²) < 4.78 is 12.9. The maximum atomic E-state index is 12.9.